The van der Waals surface area contributed by atoms with E-state index < -0.39 is 34.6 Å². The molecule has 2 atom stereocenters. The zero-order valence-corrected chi connectivity index (χ0v) is 21.0. The molecule has 2 aromatic carbocycles. The molecule has 2 aliphatic rings. The number of alkyl halides is 3. The molecule has 5 rings (SSSR count). The molecule has 198 valence electrons. The van der Waals surface area contributed by atoms with Gasteiger partial charge >= 0.3 is 6.18 Å². The molecule has 1 N–H and O–H groups in total. The number of hydrogen-bond donors (Lipinski definition) is 1. The van der Waals surface area contributed by atoms with E-state index in [1.165, 1.54) is 35.5 Å². The molecule has 1 saturated heterocycles. The van der Waals surface area contributed by atoms with Gasteiger partial charge in [0.1, 0.15) is 17.9 Å². The minimum absolute atomic E-state index is 0.00724. The standard InChI is InChI=1S/C23H23F4N5O3S2/c24-16-3-1-15(2-4-16)20-12-31(13-23(25,26)27)8-9-32(20)19-7-10-35-21-11-17(5-6-18(19)21)37(33,34)30-22-28-14-29-36-22/h1-6,11,14,19-20H,7-10,12-13H2,(H,28,29,30)/t19-,20+/m1/s1. The summed E-state index contributed by atoms with van der Waals surface area (Å²) >= 11 is 0.908. The lowest BCUT2D eigenvalue weighted by Crippen LogP contribution is -2.52. The summed E-state index contributed by atoms with van der Waals surface area (Å²) in [5.74, 6) is -0.0301. The van der Waals surface area contributed by atoms with Gasteiger partial charge in [-0.1, -0.05) is 18.2 Å². The van der Waals surface area contributed by atoms with Crippen LogP contribution in [0.2, 0.25) is 0 Å². The van der Waals surface area contributed by atoms with Crippen molar-refractivity contribution in [2.24, 2.45) is 0 Å². The molecule has 0 aliphatic carbocycles. The Morgan fingerprint density at radius 1 is 1.11 bits per heavy atom. The second-order valence-electron chi connectivity index (χ2n) is 8.86. The Hall–Kier alpha value is -2.81. The maximum absolute atomic E-state index is 13.6. The monoisotopic (exact) mass is 557 g/mol. The van der Waals surface area contributed by atoms with E-state index in [1.54, 1.807) is 18.2 Å². The van der Waals surface area contributed by atoms with Crippen LogP contribution < -0.4 is 9.46 Å². The third-order valence-corrected chi connectivity index (χ3v) is 8.50. The minimum atomic E-state index is -4.33. The summed E-state index contributed by atoms with van der Waals surface area (Å²) in [5.41, 5.74) is 1.46. The summed E-state index contributed by atoms with van der Waals surface area (Å²) in [6.45, 7) is -0.0330. The lowest BCUT2D eigenvalue weighted by Gasteiger charge is -2.47. The summed E-state index contributed by atoms with van der Waals surface area (Å²) in [4.78, 5) is 7.30. The molecule has 0 unspecified atom stereocenters. The van der Waals surface area contributed by atoms with Gasteiger partial charge in [-0.15, -0.1) is 0 Å². The van der Waals surface area contributed by atoms with E-state index >= 15 is 0 Å². The van der Waals surface area contributed by atoms with Gasteiger partial charge in [0.15, 0.2) is 0 Å². The molecule has 0 bridgehead atoms. The molecule has 0 amide bonds. The van der Waals surface area contributed by atoms with Crippen molar-refractivity contribution in [2.45, 2.75) is 29.6 Å². The van der Waals surface area contributed by atoms with Crippen molar-refractivity contribution in [3.63, 3.8) is 0 Å². The van der Waals surface area contributed by atoms with E-state index in [0.717, 1.165) is 17.1 Å². The highest BCUT2D eigenvalue weighted by atomic mass is 32.2. The van der Waals surface area contributed by atoms with Gasteiger partial charge in [0.05, 0.1) is 18.0 Å². The van der Waals surface area contributed by atoms with Crippen LogP contribution in [-0.2, 0) is 10.0 Å². The molecule has 8 nitrogen and oxygen atoms in total. The second kappa shape index (κ2) is 10.2. The zero-order valence-electron chi connectivity index (χ0n) is 19.4. The van der Waals surface area contributed by atoms with Gasteiger partial charge in [-0.05, 0) is 23.8 Å². The highest BCUT2D eigenvalue weighted by Crippen LogP contribution is 2.42. The molecule has 0 saturated carbocycles. The summed E-state index contributed by atoms with van der Waals surface area (Å²) in [5, 5.41) is 0.135. The second-order valence-corrected chi connectivity index (χ2v) is 11.3. The smallest absolute Gasteiger partial charge is 0.401 e. The van der Waals surface area contributed by atoms with Crippen LogP contribution in [0.25, 0.3) is 0 Å². The summed E-state index contributed by atoms with van der Waals surface area (Å²) in [7, 11) is -3.93. The van der Waals surface area contributed by atoms with Crippen molar-refractivity contribution in [1.29, 1.82) is 0 Å². The molecule has 3 aromatic rings. The minimum Gasteiger partial charge on any atom is -0.493 e. The number of rotatable bonds is 6. The van der Waals surface area contributed by atoms with Crippen LogP contribution in [-0.4, -0.2) is 66.5 Å². The Morgan fingerprint density at radius 3 is 2.59 bits per heavy atom. The number of ether oxygens (including phenoxy) is 1. The van der Waals surface area contributed by atoms with Gasteiger partial charge in [0, 0.05) is 61.3 Å². The summed E-state index contributed by atoms with van der Waals surface area (Å²) < 4.78 is 90.6. The van der Waals surface area contributed by atoms with Crippen molar-refractivity contribution >= 4 is 26.7 Å². The van der Waals surface area contributed by atoms with Gasteiger partial charge in [-0.2, -0.15) is 17.5 Å². The predicted octanol–water partition coefficient (Wildman–Crippen LogP) is 4.22. The molecule has 1 fully saturated rings. The van der Waals surface area contributed by atoms with Gasteiger partial charge in [-0.3, -0.25) is 14.5 Å². The van der Waals surface area contributed by atoms with Crippen LogP contribution in [0.1, 0.15) is 29.6 Å². The van der Waals surface area contributed by atoms with Crippen molar-refractivity contribution in [1.82, 2.24) is 19.2 Å². The number of piperazine rings is 1. The molecule has 1 aromatic heterocycles. The molecule has 14 heteroatoms. The largest absolute Gasteiger partial charge is 0.493 e. The van der Waals surface area contributed by atoms with Crippen LogP contribution in [0.4, 0.5) is 22.7 Å². The lowest BCUT2D eigenvalue weighted by atomic mass is 9.93. The Balaban J connectivity index is 1.44. The topological polar surface area (TPSA) is 87.7 Å². The number of aromatic nitrogens is 2. The van der Waals surface area contributed by atoms with Gasteiger partial charge in [0.25, 0.3) is 10.0 Å². The Labute approximate surface area is 215 Å². The summed E-state index contributed by atoms with van der Waals surface area (Å²) in [6.07, 6.45) is -2.51. The van der Waals surface area contributed by atoms with E-state index in [9.17, 15) is 26.0 Å². The molecule has 3 heterocycles. The number of fused-ring (bicyclic) bond motifs is 1. The van der Waals surface area contributed by atoms with Crippen LogP contribution in [0.3, 0.4) is 0 Å². The van der Waals surface area contributed by atoms with Crippen LogP contribution in [0, 0.1) is 5.82 Å². The number of nitrogens with zero attached hydrogens (tertiary/aromatic N) is 4. The third-order valence-electron chi connectivity index (χ3n) is 6.45. The first kappa shape index (κ1) is 25.8. The van der Waals surface area contributed by atoms with E-state index in [1.807, 2.05) is 0 Å². The normalized spacial score (nSPS) is 21.3. The van der Waals surface area contributed by atoms with E-state index in [-0.39, 0.29) is 29.2 Å². The number of halogens is 4. The van der Waals surface area contributed by atoms with Crippen LogP contribution in [0.5, 0.6) is 5.75 Å². The van der Waals surface area contributed by atoms with Crippen LogP contribution in [0.15, 0.2) is 53.7 Å². The van der Waals surface area contributed by atoms with Crippen molar-refractivity contribution in [3.05, 3.63) is 65.7 Å². The average Bonchev–Trinajstić information content (AvgIpc) is 3.35. The fourth-order valence-corrected chi connectivity index (χ4v) is 6.54. The zero-order chi connectivity index (χ0) is 26.2. The van der Waals surface area contributed by atoms with Crippen molar-refractivity contribution in [2.75, 3.05) is 37.5 Å². The van der Waals surface area contributed by atoms with E-state index in [2.05, 4.69) is 19.0 Å². The summed E-state index contributed by atoms with van der Waals surface area (Å²) in [6, 6.07) is 9.74. The quantitative estimate of drug-likeness (QED) is 0.454. The molecule has 37 heavy (non-hydrogen) atoms. The number of benzene rings is 2. The van der Waals surface area contributed by atoms with Gasteiger partial charge < -0.3 is 4.74 Å². The fraction of sp³-hybridized carbons (Fsp3) is 0.391. The SMILES string of the molecule is O=S(=O)(Nc1ncns1)c1ccc2c(c1)OCC[C@H]2N1CCN(CC(F)(F)F)C[C@H]1c1ccc(F)cc1. The molecule has 2 aliphatic heterocycles. The molecule has 0 spiro atoms. The highest BCUT2D eigenvalue weighted by Gasteiger charge is 2.40. The van der Waals surface area contributed by atoms with Crippen LogP contribution >= 0.6 is 11.5 Å². The first-order valence-corrected chi connectivity index (χ1v) is 13.7. The Kier molecular flexibility index (Phi) is 7.09. The highest BCUT2D eigenvalue weighted by molar-refractivity contribution is 7.93. The average molecular weight is 558 g/mol. The Bertz CT molecular complexity index is 1340. The fourth-order valence-electron chi connectivity index (χ4n) is 4.86. The maximum atomic E-state index is 13.6. The van der Waals surface area contributed by atoms with E-state index in [0.29, 0.717) is 30.9 Å². The number of hydrogen-bond acceptors (Lipinski definition) is 8. The molecular formula is C23H23F4N5O3S2. The number of nitrogens with one attached hydrogen (secondary N) is 1. The first-order valence-electron chi connectivity index (χ1n) is 11.5. The van der Waals surface area contributed by atoms with Gasteiger partial charge in [-0.25, -0.2) is 17.8 Å². The van der Waals surface area contributed by atoms with Crippen molar-refractivity contribution < 1.29 is 30.7 Å². The number of anilines is 1. The molecular weight excluding hydrogens is 534 g/mol. The Morgan fingerprint density at radius 2 is 1.89 bits per heavy atom. The lowest BCUT2D eigenvalue weighted by molar-refractivity contribution is -0.153. The maximum Gasteiger partial charge on any atom is 0.401 e. The first-order chi connectivity index (χ1) is 17.6. The van der Waals surface area contributed by atoms with Crippen molar-refractivity contribution in [3.8, 4) is 5.75 Å². The van der Waals surface area contributed by atoms with Gasteiger partial charge in [0.2, 0.25) is 5.13 Å². The van der Waals surface area contributed by atoms with E-state index in [4.69, 9.17) is 4.74 Å². The predicted molar refractivity (Wildman–Crippen MR) is 128 cm³/mol. The number of sulfonamides is 1. The molecule has 0 radical (unpaired) electrons. The third kappa shape index (κ3) is 5.87.